The maximum absolute atomic E-state index is 12.7. The third-order valence-corrected chi connectivity index (χ3v) is 7.12. The van der Waals surface area contributed by atoms with Crippen LogP contribution >= 0.6 is 27.7 Å². The zero-order chi connectivity index (χ0) is 21.4. The van der Waals surface area contributed by atoms with E-state index in [1.165, 1.54) is 5.56 Å². The van der Waals surface area contributed by atoms with Crippen LogP contribution < -0.4 is 5.32 Å². The van der Waals surface area contributed by atoms with E-state index in [0.717, 1.165) is 38.4 Å². The molecule has 31 heavy (non-hydrogen) atoms. The Hall–Kier alpha value is -2.83. The third kappa shape index (κ3) is 3.93. The van der Waals surface area contributed by atoms with Crippen LogP contribution in [0, 0.1) is 6.92 Å². The Morgan fingerprint density at radius 1 is 1.00 bits per heavy atom. The minimum atomic E-state index is -0.0178. The number of hydrogen-bond donors (Lipinski definition) is 1. The highest BCUT2D eigenvalue weighted by Gasteiger charge is 2.32. The second-order valence-corrected chi connectivity index (χ2v) is 9.52. The number of aromatic nitrogens is 2. The highest BCUT2D eigenvalue weighted by molar-refractivity contribution is 9.10. The Balaban J connectivity index is 1.78. The molecule has 1 atom stereocenters. The number of fused-ring (bicyclic) bond motifs is 1. The lowest BCUT2D eigenvalue weighted by molar-refractivity contribution is -0.113. The van der Waals surface area contributed by atoms with Crippen LogP contribution in [0.4, 0.5) is 5.82 Å². The van der Waals surface area contributed by atoms with E-state index < -0.39 is 0 Å². The van der Waals surface area contributed by atoms with Crippen LogP contribution in [-0.4, -0.2) is 21.4 Å². The van der Waals surface area contributed by atoms with Gasteiger partial charge in [0.1, 0.15) is 5.82 Å². The maximum Gasteiger partial charge on any atom is 0.235 e. The van der Waals surface area contributed by atoms with Gasteiger partial charge in [0.05, 0.1) is 22.4 Å². The summed E-state index contributed by atoms with van der Waals surface area (Å²) < 4.78 is 2.89. The topological polar surface area (TPSA) is 46.9 Å². The monoisotopic (exact) mass is 489 g/mol. The fourth-order valence-corrected chi connectivity index (χ4v) is 5.18. The van der Waals surface area contributed by atoms with Gasteiger partial charge in [-0.15, -0.1) is 11.8 Å². The van der Waals surface area contributed by atoms with Crippen molar-refractivity contribution in [2.75, 3.05) is 11.1 Å². The molecule has 1 aromatic heterocycles. The number of carbonyl (C=O) groups is 1. The van der Waals surface area contributed by atoms with Gasteiger partial charge in [-0.1, -0.05) is 76.1 Å². The molecule has 1 amide bonds. The van der Waals surface area contributed by atoms with E-state index in [0.29, 0.717) is 5.75 Å². The van der Waals surface area contributed by atoms with E-state index >= 15 is 0 Å². The van der Waals surface area contributed by atoms with Gasteiger partial charge >= 0.3 is 0 Å². The number of halogens is 1. The number of thioether (sulfide) groups is 1. The Morgan fingerprint density at radius 2 is 1.71 bits per heavy atom. The van der Waals surface area contributed by atoms with Crippen molar-refractivity contribution >= 4 is 39.4 Å². The number of carbonyl (C=O) groups excluding carboxylic acids is 1. The summed E-state index contributed by atoms with van der Waals surface area (Å²) in [6.07, 6.45) is 0. The molecule has 1 aliphatic heterocycles. The van der Waals surface area contributed by atoms with Gasteiger partial charge in [0, 0.05) is 15.6 Å². The van der Waals surface area contributed by atoms with Gasteiger partial charge in [-0.25, -0.2) is 4.68 Å². The molecule has 0 saturated carbocycles. The van der Waals surface area contributed by atoms with Crippen molar-refractivity contribution in [3.8, 4) is 16.9 Å². The average molecular weight is 490 g/mol. The van der Waals surface area contributed by atoms with Crippen molar-refractivity contribution in [2.45, 2.75) is 12.2 Å². The molecule has 4 aromatic rings. The lowest BCUT2D eigenvalue weighted by Crippen LogP contribution is -2.15. The molecular formula is C25H20BrN3OS. The predicted molar refractivity (Wildman–Crippen MR) is 131 cm³/mol. The number of anilines is 1. The molecule has 1 N–H and O–H groups in total. The van der Waals surface area contributed by atoms with Gasteiger partial charge in [-0.3, -0.25) is 4.79 Å². The van der Waals surface area contributed by atoms with E-state index in [1.807, 2.05) is 47.1 Å². The fourth-order valence-electron chi connectivity index (χ4n) is 3.79. The Bertz CT molecular complexity index is 1230. The van der Waals surface area contributed by atoms with Crippen LogP contribution in [0.2, 0.25) is 0 Å². The summed E-state index contributed by atoms with van der Waals surface area (Å²) in [6.45, 7) is 2.08. The number of hydrogen-bond acceptors (Lipinski definition) is 3. The molecule has 154 valence electrons. The molecule has 4 nitrogen and oxygen atoms in total. The number of rotatable bonds is 3. The molecule has 0 aliphatic carbocycles. The van der Waals surface area contributed by atoms with Crippen LogP contribution in [0.25, 0.3) is 16.9 Å². The van der Waals surface area contributed by atoms with Gasteiger partial charge < -0.3 is 5.32 Å². The van der Waals surface area contributed by atoms with Crippen molar-refractivity contribution in [3.63, 3.8) is 0 Å². The fraction of sp³-hybridized carbons (Fsp3) is 0.120. The summed E-state index contributed by atoms with van der Waals surface area (Å²) in [4.78, 5) is 12.7. The third-order valence-electron chi connectivity index (χ3n) is 5.32. The molecule has 1 aliphatic rings. The summed E-state index contributed by atoms with van der Waals surface area (Å²) in [5.41, 5.74) is 6.22. The summed E-state index contributed by atoms with van der Waals surface area (Å²) in [5, 5.41) is 8.13. The normalized spacial score (nSPS) is 15.8. The number of aryl methyl sites for hydroxylation is 1. The molecule has 0 saturated heterocycles. The second kappa shape index (κ2) is 8.36. The Labute approximate surface area is 193 Å². The van der Waals surface area contributed by atoms with E-state index in [2.05, 4.69) is 64.6 Å². The quantitative estimate of drug-likeness (QED) is 0.362. The van der Waals surface area contributed by atoms with E-state index in [9.17, 15) is 4.79 Å². The SMILES string of the molecule is Cc1ccc(-c2nn(-c3ccccc3)c3c2[C@H](c2ccc(Br)cc2)SCC(=O)N3)cc1. The Kier molecular flexibility index (Phi) is 5.42. The molecular weight excluding hydrogens is 470 g/mol. The van der Waals surface area contributed by atoms with Gasteiger partial charge in [0.25, 0.3) is 0 Å². The van der Waals surface area contributed by atoms with Crippen LogP contribution in [-0.2, 0) is 4.79 Å². The first-order valence-corrected chi connectivity index (χ1v) is 11.9. The molecule has 5 rings (SSSR count). The summed E-state index contributed by atoms with van der Waals surface area (Å²) in [6, 6.07) is 26.7. The van der Waals surface area contributed by atoms with Crippen LogP contribution in [0.1, 0.15) is 21.9 Å². The van der Waals surface area contributed by atoms with E-state index in [4.69, 9.17) is 5.10 Å². The minimum absolute atomic E-state index is 0.0154. The van der Waals surface area contributed by atoms with Gasteiger partial charge in [0.2, 0.25) is 5.91 Å². The summed E-state index contributed by atoms with van der Waals surface area (Å²) in [5.74, 6) is 1.11. The molecule has 0 bridgehead atoms. The number of amides is 1. The molecule has 0 radical (unpaired) electrons. The van der Waals surface area contributed by atoms with Crippen LogP contribution in [0.15, 0.2) is 83.3 Å². The molecule has 0 spiro atoms. The number of para-hydroxylation sites is 1. The maximum atomic E-state index is 12.7. The zero-order valence-corrected chi connectivity index (χ0v) is 19.3. The second-order valence-electron chi connectivity index (χ2n) is 7.52. The molecule has 2 heterocycles. The lowest BCUT2D eigenvalue weighted by atomic mass is 9.99. The number of nitrogens with one attached hydrogen (secondary N) is 1. The molecule has 3 aromatic carbocycles. The number of nitrogens with zero attached hydrogens (tertiary/aromatic N) is 2. The van der Waals surface area contributed by atoms with Crippen molar-refractivity contribution in [1.29, 1.82) is 0 Å². The van der Waals surface area contributed by atoms with Crippen molar-refractivity contribution in [1.82, 2.24) is 9.78 Å². The largest absolute Gasteiger partial charge is 0.310 e. The molecule has 6 heteroatoms. The van der Waals surface area contributed by atoms with Crippen LogP contribution in [0.3, 0.4) is 0 Å². The lowest BCUT2D eigenvalue weighted by Gasteiger charge is -2.16. The minimum Gasteiger partial charge on any atom is -0.310 e. The van der Waals surface area contributed by atoms with Gasteiger partial charge in [0.15, 0.2) is 0 Å². The van der Waals surface area contributed by atoms with Crippen molar-refractivity contribution in [3.05, 3.63) is 100 Å². The zero-order valence-electron chi connectivity index (χ0n) is 16.9. The average Bonchev–Trinajstić information content (AvgIpc) is 3.06. The highest BCUT2D eigenvalue weighted by atomic mass is 79.9. The highest BCUT2D eigenvalue weighted by Crippen LogP contribution is 2.46. The van der Waals surface area contributed by atoms with E-state index in [-0.39, 0.29) is 11.2 Å². The van der Waals surface area contributed by atoms with Crippen LogP contribution in [0.5, 0.6) is 0 Å². The van der Waals surface area contributed by atoms with Gasteiger partial charge in [-0.05, 0) is 36.8 Å². The first kappa shape index (κ1) is 20.1. The molecule has 0 fully saturated rings. The van der Waals surface area contributed by atoms with Crippen molar-refractivity contribution in [2.24, 2.45) is 0 Å². The number of benzene rings is 3. The van der Waals surface area contributed by atoms with E-state index in [1.54, 1.807) is 11.8 Å². The summed E-state index contributed by atoms with van der Waals surface area (Å²) in [7, 11) is 0. The first-order valence-electron chi connectivity index (χ1n) is 10.0. The first-order chi connectivity index (χ1) is 15.1. The smallest absolute Gasteiger partial charge is 0.235 e. The predicted octanol–water partition coefficient (Wildman–Crippen LogP) is 6.38. The standard InChI is InChI=1S/C25H20BrN3OS/c1-16-7-9-17(10-8-16)23-22-24(18-11-13-19(26)14-12-18)31-15-21(30)27-25(22)29(28-23)20-5-3-2-4-6-20/h2-14,24H,15H2,1H3,(H,27,30)/t24-/m0/s1. The Morgan fingerprint density at radius 3 is 2.42 bits per heavy atom. The molecule has 0 unspecified atom stereocenters. The van der Waals surface area contributed by atoms with Crippen molar-refractivity contribution < 1.29 is 4.79 Å². The summed E-state index contributed by atoms with van der Waals surface area (Å²) >= 11 is 5.16. The van der Waals surface area contributed by atoms with Gasteiger partial charge in [-0.2, -0.15) is 5.10 Å².